The van der Waals surface area contributed by atoms with Gasteiger partial charge >= 0.3 is 0 Å². The number of amides is 3. The lowest BCUT2D eigenvalue weighted by atomic mass is 9.96. The Kier molecular flexibility index (Phi) is 10.1. The van der Waals surface area contributed by atoms with Crippen LogP contribution in [0, 0.1) is 29.8 Å². The van der Waals surface area contributed by atoms with Crippen LogP contribution in [0.2, 0.25) is 5.02 Å². The minimum Gasteiger partial charge on any atom is -0.355 e. The summed E-state index contributed by atoms with van der Waals surface area (Å²) in [4.78, 5) is 65.0. The van der Waals surface area contributed by atoms with Crippen LogP contribution in [-0.4, -0.2) is 66.8 Å². The van der Waals surface area contributed by atoms with Crippen LogP contribution in [-0.2, 0) is 27.3 Å². The van der Waals surface area contributed by atoms with E-state index in [9.17, 15) is 28.0 Å². The van der Waals surface area contributed by atoms with Crippen molar-refractivity contribution < 1.29 is 32.3 Å². The molecule has 1 aliphatic carbocycles. The number of nitrogens with zero attached hydrogens (tertiary/aromatic N) is 5. The molecule has 3 atom stereocenters. The van der Waals surface area contributed by atoms with Crippen molar-refractivity contribution in [2.24, 2.45) is 5.41 Å². The summed E-state index contributed by atoms with van der Waals surface area (Å²) in [6.45, 7) is 3.20. The number of halogens is 4. The lowest BCUT2D eigenvalue weighted by Gasteiger charge is -2.27. The van der Waals surface area contributed by atoms with Crippen molar-refractivity contribution in [1.29, 1.82) is 0 Å². The molecular weight excluding hydrogens is 759 g/mol. The van der Waals surface area contributed by atoms with Crippen LogP contribution in [0.5, 0.6) is 0 Å². The molecule has 4 heterocycles. The molecule has 2 fully saturated rings. The number of nitrogens with one attached hydrogen (secondary N) is 2. The van der Waals surface area contributed by atoms with Crippen LogP contribution in [0.1, 0.15) is 73.7 Å². The fourth-order valence-electron chi connectivity index (χ4n) is 8.46. The highest BCUT2D eigenvalue weighted by molar-refractivity contribution is 6.33. The standard InChI is InChI=1S/C42H39ClF3N7O4/c1-22(54)39-29-13-25(26-18-47-23(2)48-19-26)12-24-8-5-3-4-6-11-36(55)49-21-42-16-34(53(35(42)17-42)37(56)20-52(51-39)40(24)29)41(57)50-33-10-7-9-27(38(33)46)28-14-31(44)32(45)15-30(28)43/h7,9-10,12-15,18-19,34-35H,3-6,8,11,16-17,20-21H2,1-2H3,(H,49,55)(H,50,57)/t34-,35+,42-/m0/s1. The highest BCUT2D eigenvalue weighted by Gasteiger charge is 2.67. The Morgan fingerprint density at radius 1 is 0.930 bits per heavy atom. The predicted octanol–water partition coefficient (Wildman–Crippen LogP) is 7.36. The predicted molar refractivity (Wildman–Crippen MR) is 207 cm³/mol. The van der Waals surface area contributed by atoms with Gasteiger partial charge in [-0.3, -0.25) is 23.9 Å². The van der Waals surface area contributed by atoms with Crippen molar-refractivity contribution >= 4 is 51.7 Å². The minimum atomic E-state index is -1.22. The number of hydrogen-bond acceptors (Lipinski definition) is 7. The van der Waals surface area contributed by atoms with E-state index >= 15 is 4.39 Å². The van der Waals surface area contributed by atoms with Gasteiger partial charge in [-0.1, -0.05) is 36.6 Å². The first-order valence-electron chi connectivity index (χ1n) is 19.0. The average molecular weight is 798 g/mol. The van der Waals surface area contributed by atoms with Crippen LogP contribution < -0.4 is 10.6 Å². The summed E-state index contributed by atoms with van der Waals surface area (Å²) in [6.07, 6.45) is 8.34. The summed E-state index contributed by atoms with van der Waals surface area (Å²) >= 11 is 6.16. The smallest absolute Gasteiger partial charge is 0.247 e. The van der Waals surface area contributed by atoms with Crippen molar-refractivity contribution in [1.82, 2.24) is 30.0 Å². The zero-order valence-corrected chi connectivity index (χ0v) is 32.1. The normalized spacial score (nSPS) is 21.2. The first kappa shape index (κ1) is 38.3. The Morgan fingerprint density at radius 2 is 1.67 bits per heavy atom. The van der Waals surface area contributed by atoms with Gasteiger partial charge in [0.1, 0.15) is 24.1 Å². The molecule has 3 aromatic carbocycles. The van der Waals surface area contributed by atoms with E-state index in [1.165, 1.54) is 30.0 Å². The van der Waals surface area contributed by atoms with Crippen molar-refractivity contribution in [3.63, 3.8) is 0 Å². The lowest BCUT2D eigenvalue weighted by molar-refractivity contribution is -0.138. The highest BCUT2D eigenvalue weighted by atomic mass is 35.5. The van der Waals surface area contributed by atoms with Gasteiger partial charge in [0, 0.05) is 65.8 Å². The summed E-state index contributed by atoms with van der Waals surface area (Å²) in [5, 5.41) is 10.7. The third kappa shape index (κ3) is 7.26. The Labute approximate surface area is 331 Å². The van der Waals surface area contributed by atoms with Crippen molar-refractivity contribution in [3.05, 3.63) is 94.4 Å². The number of hydrogen-bond donors (Lipinski definition) is 2. The van der Waals surface area contributed by atoms with Gasteiger partial charge in [-0.2, -0.15) is 5.10 Å². The summed E-state index contributed by atoms with van der Waals surface area (Å²) in [5.74, 6) is -4.19. The molecule has 5 aromatic rings. The number of Topliss-reactive ketones (excluding diaryl/α,β-unsaturated/α-hetero) is 1. The Hall–Kier alpha value is -5.63. The number of rotatable bonds is 5. The molecule has 57 heavy (non-hydrogen) atoms. The molecule has 8 rings (SSSR count). The second kappa shape index (κ2) is 15.0. The van der Waals surface area contributed by atoms with Gasteiger partial charge in [0.2, 0.25) is 17.7 Å². The van der Waals surface area contributed by atoms with Crippen LogP contribution in [0.4, 0.5) is 18.9 Å². The van der Waals surface area contributed by atoms with Gasteiger partial charge in [-0.25, -0.2) is 23.1 Å². The summed E-state index contributed by atoms with van der Waals surface area (Å²) in [7, 11) is 0. The van der Waals surface area contributed by atoms with Gasteiger partial charge in [0.25, 0.3) is 0 Å². The zero-order valence-electron chi connectivity index (χ0n) is 31.3. The van der Waals surface area contributed by atoms with E-state index < -0.39 is 46.8 Å². The second-order valence-electron chi connectivity index (χ2n) is 15.3. The number of aromatic nitrogens is 4. The molecule has 3 amide bonds. The molecule has 11 nitrogen and oxygen atoms in total. The Bertz CT molecular complexity index is 2470. The highest BCUT2D eigenvalue weighted by Crippen LogP contribution is 2.59. The zero-order chi connectivity index (χ0) is 40.2. The fraction of sp³-hybridized carbons (Fsp3) is 0.357. The Morgan fingerprint density at radius 3 is 2.42 bits per heavy atom. The minimum absolute atomic E-state index is 0.104. The first-order chi connectivity index (χ1) is 27.3. The van der Waals surface area contributed by atoms with Gasteiger partial charge in [0.05, 0.1) is 16.2 Å². The van der Waals surface area contributed by atoms with Crippen molar-refractivity contribution in [2.75, 3.05) is 11.9 Å². The van der Waals surface area contributed by atoms with Gasteiger partial charge < -0.3 is 15.5 Å². The Balaban J connectivity index is 1.16. The van der Waals surface area contributed by atoms with Gasteiger partial charge in [0.15, 0.2) is 23.2 Å². The van der Waals surface area contributed by atoms with E-state index in [0.29, 0.717) is 42.4 Å². The summed E-state index contributed by atoms with van der Waals surface area (Å²) in [5.41, 5.74) is 2.21. The fourth-order valence-corrected chi connectivity index (χ4v) is 8.71. The third-order valence-corrected chi connectivity index (χ3v) is 11.8. The van der Waals surface area contributed by atoms with Crippen LogP contribution >= 0.6 is 11.6 Å². The van der Waals surface area contributed by atoms with Crippen LogP contribution in [0.3, 0.4) is 0 Å². The molecule has 2 N–H and O–H groups in total. The second-order valence-corrected chi connectivity index (χ2v) is 15.7. The van der Waals surface area contributed by atoms with Crippen molar-refractivity contribution in [3.8, 4) is 22.3 Å². The van der Waals surface area contributed by atoms with Crippen LogP contribution in [0.25, 0.3) is 33.2 Å². The maximum atomic E-state index is 16.0. The van der Waals surface area contributed by atoms with E-state index in [1.807, 2.05) is 12.1 Å². The molecule has 0 spiro atoms. The number of carbonyl (C=O) groups excluding carboxylic acids is 4. The maximum Gasteiger partial charge on any atom is 0.247 e. The van der Waals surface area contributed by atoms with E-state index in [2.05, 4.69) is 20.6 Å². The number of ketones is 1. The van der Waals surface area contributed by atoms with Crippen LogP contribution in [0.15, 0.2) is 54.9 Å². The topological polar surface area (TPSA) is 139 Å². The molecule has 1 saturated carbocycles. The quantitative estimate of drug-likeness (QED) is 0.140. The van der Waals surface area contributed by atoms with E-state index in [0.717, 1.165) is 48.1 Å². The van der Waals surface area contributed by atoms with E-state index in [1.54, 1.807) is 24.0 Å². The number of aryl methyl sites for hydroxylation is 2. The lowest BCUT2D eigenvalue weighted by Crippen LogP contribution is -2.46. The number of piperidine rings is 1. The largest absolute Gasteiger partial charge is 0.355 e. The number of carbonyl (C=O) groups is 4. The number of anilines is 1. The molecule has 0 unspecified atom stereocenters. The van der Waals surface area contributed by atoms with E-state index in [-0.39, 0.29) is 58.7 Å². The van der Waals surface area contributed by atoms with Crippen molar-refractivity contribution in [2.45, 2.75) is 83.8 Å². The van der Waals surface area contributed by atoms with Gasteiger partial charge in [-0.15, -0.1) is 0 Å². The molecule has 2 aromatic heterocycles. The molecule has 1 saturated heterocycles. The molecule has 294 valence electrons. The monoisotopic (exact) mass is 797 g/mol. The summed E-state index contributed by atoms with van der Waals surface area (Å²) < 4.78 is 45.6. The summed E-state index contributed by atoms with van der Waals surface area (Å²) in [6, 6.07) is 8.06. The van der Waals surface area contributed by atoms with Gasteiger partial charge in [-0.05, 0) is 80.5 Å². The third-order valence-electron chi connectivity index (χ3n) is 11.5. The van der Waals surface area contributed by atoms with E-state index in [4.69, 9.17) is 16.7 Å². The molecular formula is C42H39ClF3N7O4. The molecule has 3 aliphatic rings. The maximum absolute atomic E-state index is 16.0. The first-order valence-corrected chi connectivity index (χ1v) is 19.4. The molecule has 15 heteroatoms. The molecule has 2 bridgehead atoms. The SMILES string of the molecule is CC(=O)c1nn2c3c(cc(-c4cnc(C)nc4)cc13)CCCCCCC(=O)NC[C@@]13C[C@@H](C(=O)Nc4cccc(-c5cc(F)c(F)cc5Cl)c4F)N(C(=O)C2)[C@@H]1C3. The molecule has 0 radical (unpaired) electrons. The number of benzene rings is 3. The molecule has 2 aliphatic heterocycles. The average Bonchev–Trinajstić information content (AvgIpc) is 3.59.